The molecule has 0 spiro atoms. The Hall–Kier alpha value is -3.00. The number of fused-ring (bicyclic) bond motifs is 5. The molecule has 4 fully saturated rings. The second-order valence-electron chi connectivity index (χ2n) is 18.5. The predicted octanol–water partition coefficient (Wildman–Crippen LogP) is 3.49. The smallest absolute Gasteiger partial charge is 0.423 e. The third-order valence-electron chi connectivity index (χ3n) is 15.2. The van der Waals surface area contributed by atoms with E-state index in [0.29, 0.717) is 66.4 Å². The van der Waals surface area contributed by atoms with E-state index in [1.807, 2.05) is 0 Å². The van der Waals surface area contributed by atoms with Crippen molar-refractivity contribution in [1.82, 2.24) is 21.0 Å². The van der Waals surface area contributed by atoms with Gasteiger partial charge < -0.3 is 35.8 Å². The zero-order chi connectivity index (χ0) is 40.8. The van der Waals surface area contributed by atoms with Crippen molar-refractivity contribution in [2.24, 2.45) is 51.4 Å². The van der Waals surface area contributed by atoms with E-state index in [2.05, 4.69) is 48.6 Å². The van der Waals surface area contributed by atoms with Crippen molar-refractivity contribution in [1.29, 1.82) is 0 Å². The van der Waals surface area contributed by atoms with Gasteiger partial charge in [0.15, 0.2) is 0 Å². The van der Waals surface area contributed by atoms with Gasteiger partial charge >= 0.3 is 7.12 Å². The Bertz CT molecular complexity index is 1510. The van der Waals surface area contributed by atoms with Crippen molar-refractivity contribution in [2.75, 3.05) is 13.6 Å². The van der Waals surface area contributed by atoms with Crippen LogP contribution in [0.4, 0.5) is 0 Å². The molecule has 0 bridgehead atoms. The van der Waals surface area contributed by atoms with E-state index in [4.69, 9.17) is 0 Å². The summed E-state index contributed by atoms with van der Waals surface area (Å²) in [7, 11) is -0.185. The molecular formula is C43H70BN5O7. The fraction of sp³-hybridized carbons (Fsp3) is 0.767. The summed E-state index contributed by atoms with van der Waals surface area (Å²) in [6, 6.07) is 4.59. The summed E-state index contributed by atoms with van der Waals surface area (Å²) in [6.07, 6.45) is 12.7. The molecule has 0 aliphatic heterocycles. The number of likely N-dealkylation sites (N-methyl/N-ethyl adjacent to an activating group) is 1. The van der Waals surface area contributed by atoms with E-state index in [-0.39, 0.29) is 24.0 Å². The molecule has 7 N–H and O–H groups in total. The lowest BCUT2D eigenvalue weighted by Crippen LogP contribution is -2.56. The minimum Gasteiger partial charge on any atom is -0.423 e. The lowest BCUT2D eigenvalue weighted by atomic mass is 9.44. The van der Waals surface area contributed by atoms with E-state index in [0.717, 1.165) is 37.0 Å². The van der Waals surface area contributed by atoms with Gasteiger partial charge in [-0.05, 0) is 148 Å². The fourth-order valence-corrected chi connectivity index (χ4v) is 12.1. The van der Waals surface area contributed by atoms with Gasteiger partial charge in [-0.1, -0.05) is 45.0 Å². The highest BCUT2D eigenvalue weighted by Gasteiger charge is 2.60. The van der Waals surface area contributed by atoms with Crippen LogP contribution in [0.1, 0.15) is 123 Å². The molecule has 4 aliphatic carbocycles. The summed E-state index contributed by atoms with van der Waals surface area (Å²) >= 11 is 0. The van der Waals surface area contributed by atoms with Crippen molar-refractivity contribution in [3.8, 4) is 0 Å². The number of unbranched alkanes of at least 4 members (excludes halogenated alkanes) is 1. The van der Waals surface area contributed by atoms with E-state index in [1.165, 1.54) is 63.8 Å². The molecule has 3 amide bonds. The number of aliphatic hydroxyl groups is 2. The Kier molecular flexibility index (Phi) is 15.1. The molecule has 312 valence electrons. The van der Waals surface area contributed by atoms with Gasteiger partial charge in [0, 0.05) is 33.3 Å². The summed E-state index contributed by atoms with van der Waals surface area (Å²) in [6.45, 7) is 12.9. The first-order valence-electron chi connectivity index (χ1n) is 21.4. The van der Waals surface area contributed by atoms with Crippen LogP contribution in [0.5, 0.6) is 0 Å². The molecule has 0 saturated heterocycles. The number of hydrazone groups is 1. The van der Waals surface area contributed by atoms with E-state index in [9.17, 15) is 34.6 Å². The van der Waals surface area contributed by atoms with Crippen LogP contribution in [-0.4, -0.2) is 94.6 Å². The van der Waals surface area contributed by atoms with Crippen LogP contribution in [-0.2, 0) is 20.9 Å². The summed E-state index contributed by atoms with van der Waals surface area (Å²) < 4.78 is 0. The van der Waals surface area contributed by atoms with E-state index in [1.54, 1.807) is 24.3 Å². The van der Waals surface area contributed by atoms with E-state index < -0.39 is 37.1 Å². The average molecular weight is 780 g/mol. The highest BCUT2D eigenvalue weighted by molar-refractivity contribution is 6.59. The molecule has 0 aromatic heterocycles. The molecule has 13 heteroatoms. The maximum atomic E-state index is 13.3. The van der Waals surface area contributed by atoms with Crippen LogP contribution >= 0.6 is 0 Å². The standard InChI is InChI=1S/C43H70BN5O7/c1-27(33-17-18-34-32-16-15-30-25-31(51)20-22-42(30,3)35(32)21-23-43(33,34)4)14-19-38(52)46-24-10-9-13-37(48-45-5)40(53)47-39(28(2)50)41(54)49(6)26-29-11-7-8-12-36(29)44(55)56/h7-8,11-12,27-28,30-35,37,39,48,50-51,55-56H,5,9-10,13-26H2,1-4,6H3,(H,46,52)(H,47,53)/t27?,28?,30-,31-,32?,33?,34?,35?,37?,39?,42+,43-/m0/s1. The van der Waals surface area contributed by atoms with Crippen LogP contribution < -0.4 is 21.5 Å². The lowest BCUT2D eigenvalue weighted by Gasteiger charge is -2.61. The van der Waals surface area contributed by atoms with Gasteiger partial charge in [0.25, 0.3) is 0 Å². The van der Waals surface area contributed by atoms with Crippen molar-refractivity contribution in [3.05, 3.63) is 29.8 Å². The number of nitrogens with zero attached hydrogens (tertiary/aromatic N) is 2. The first kappa shape index (κ1) is 44.1. The van der Waals surface area contributed by atoms with Crippen LogP contribution in [0.15, 0.2) is 29.4 Å². The summed E-state index contributed by atoms with van der Waals surface area (Å²) in [5.41, 5.74) is 4.24. The normalized spacial score (nSPS) is 31.7. The van der Waals surface area contributed by atoms with Crippen molar-refractivity contribution >= 4 is 37.0 Å². The lowest BCUT2D eigenvalue weighted by molar-refractivity contribution is -0.139. The van der Waals surface area contributed by atoms with Crippen molar-refractivity contribution in [2.45, 2.75) is 148 Å². The van der Waals surface area contributed by atoms with Gasteiger partial charge in [0.1, 0.15) is 12.1 Å². The molecule has 1 aromatic rings. The molecule has 1 aromatic carbocycles. The summed E-state index contributed by atoms with van der Waals surface area (Å²) in [5.74, 6) is 3.20. The predicted molar refractivity (Wildman–Crippen MR) is 219 cm³/mol. The van der Waals surface area contributed by atoms with Gasteiger partial charge in [-0.25, -0.2) is 0 Å². The molecule has 0 heterocycles. The molecule has 12 nitrogen and oxygen atoms in total. The second-order valence-corrected chi connectivity index (χ2v) is 18.5. The van der Waals surface area contributed by atoms with E-state index >= 15 is 0 Å². The molecule has 4 saturated carbocycles. The fourth-order valence-electron chi connectivity index (χ4n) is 12.1. The van der Waals surface area contributed by atoms with Crippen LogP contribution in [0.3, 0.4) is 0 Å². The van der Waals surface area contributed by atoms with Gasteiger partial charge in [-0.15, -0.1) is 0 Å². The zero-order valence-electron chi connectivity index (χ0n) is 34.6. The van der Waals surface area contributed by atoms with Gasteiger partial charge in [-0.3, -0.25) is 19.8 Å². The monoisotopic (exact) mass is 780 g/mol. The molecule has 0 radical (unpaired) electrons. The average Bonchev–Trinajstić information content (AvgIpc) is 3.52. The molecule has 5 rings (SSSR count). The quantitative estimate of drug-likeness (QED) is 0.0512. The third kappa shape index (κ3) is 9.81. The minimum atomic E-state index is -1.70. The zero-order valence-corrected chi connectivity index (χ0v) is 34.6. The molecular weight excluding hydrogens is 709 g/mol. The number of carbonyl (C=O) groups excluding carboxylic acids is 3. The summed E-state index contributed by atoms with van der Waals surface area (Å²) in [4.78, 5) is 40.9. The number of nitrogens with one attached hydrogen (secondary N) is 3. The Morgan fingerprint density at radius 1 is 0.982 bits per heavy atom. The van der Waals surface area contributed by atoms with Crippen LogP contribution in [0, 0.1) is 46.3 Å². The van der Waals surface area contributed by atoms with Gasteiger partial charge in [0.05, 0.1) is 12.2 Å². The number of aliphatic hydroxyl groups excluding tert-OH is 2. The Labute approximate surface area is 335 Å². The number of hydrogen-bond donors (Lipinski definition) is 7. The Morgan fingerprint density at radius 3 is 2.41 bits per heavy atom. The minimum absolute atomic E-state index is 0.0426. The molecule has 12 atom stereocenters. The highest BCUT2D eigenvalue weighted by Crippen LogP contribution is 2.68. The number of benzene rings is 1. The molecule has 4 aliphatic rings. The van der Waals surface area contributed by atoms with Crippen molar-refractivity contribution in [3.63, 3.8) is 0 Å². The molecule has 8 unspecified atom stereocenters. The largest absolute Gasteiger partial charge is 0.488 e. The first-order chi connectivity index (χ1) is 26.6. The maximum Gasteiger partial charge on any atom is 0.488 e. The number of rotatable bonds is 18. The van der Waals surface area contributed by atoms with Gasteiger partial charge in [-0.2, -0.15) is 5.10 Å². The Morgan fingerprint density at radius 2 is 1.70 bits per heavy atom. The first-order valence-corrected chi connectivity index (χ1v) is 21.4. The van der Waals surface area contributed by atoms with Crippen molar-refractivity contribution < 1.29 is 34.6 Å². The van der Waals surface area contributed by atoms with Gasteiger partial charge in [0.2, 0.25) is 17.7 Å². The number of hydrogen-bond acceptors (Lipinski definition) is 9. The maximum absolute atomic E-state index is 13.3. The summed E-state index contributed by atoms with van der Waals surface area (Å²) in [5, 5.41) is 49.7. The SMILES string of the molecule is C=NNC(CCCCNC(=O)CCC(C)C1CCC2C3CC[C@H]4C[C@@H](O)CC[C@@]4(C)C3CC[C@@]12C)C(=O)NC(C(=O)N(C)Cc1ccccc1B(O)O)C(C)O. The molecule has 56 heavy (non-hydrogen) atoms. The second kappa shape index (κ2) is 19.2. The number of carbonyl (C=O) groups is 3. The highest BCUT2D eigenvalue weighted by atomic mass is 16.4. The number of amides is 3. The topological polar surface area (TPSA) is 184 Å². The third-order valence-corrected chi connectivity index (χ3v) is 15.2. The van der Waals surface area contributed by atoms with Crippen LogP contribution in [0.2, 0.25) is 0 Å². The van der Waals surface area contributed by atoms with Crippen LogP contribution in [0.25, 0.3) is 0 Å². The Balaban J connectivity index is 1.03.